The molecule has 0 saturated heterocycles. The molecule has 2 atom stereocenters. The molecule has 0 radical (unpaired) electrons. The first-order valence-corrected chi connectivity index (χ1v) is 9.75. The number of hydrogen-bond donors (Lipinski definition) is 2. The van der Waals surface area contributed by atoms with Crippen LogP contribution >= 0.6 is 0 Å². The van der Waals surface area contributed by atoms with Crippen LogP contribution in [0.2, 0.25) is 0 Å². The highest BCUT2D eigenvalue weighted by molar-refractivity contribution is 5.79. The minimum Gasteiger partial charge on any atom is -0.344 e. The molecule has 7 nitrogen and oxygen atoms in total. The van der Waals surface area contributed by atoms with Gasteiger partial charge in [0.25, 0.3) is 5.56 Å². The molecule has 0 aliphatic carbocycles. The Morgan fingerprint density at radius 3 is 2.62 bits per heavy atom. The van der Waals surface area contributed by atoms with E-state index in [9.17, 15) is 9.59 Å². The van der Waals surface area contributed by atoms with Crippen molar-refractivity contribution >= 4 is 27.8 Å². The van der Waals surface area contributed by atoms with Crippen molar-refractivity contribution < 1.29 is 4.79 Å². The summed E-state index contributed by atoms with van der Waals surface area (Å²) in [7, 11) is 0. The highest BCUT2D eigenvalue weighted by Gasteiger charge is 2.24. The number of nitrogens with zero attached hydrogens (tertiary/aromatic N) is 3. The van der Waals surface area contributed by atoms with Gasteiger partial charge in [0.1, 0.15) is 12.4 Å². The lowest BCUT2D eigenvalue weighted by atomic mass is 9.98. The molecule has 2 N–H and O–H groups in total. The van der Waals surface area contributed by atoms with Crippen molar-refractivity contribution in [1.82, 2.24) is 24.8 Å². The number of H-pyrrole nitrogens is 1. The lowest BCUT2D eigenvalue weighted by molar-refractivity contribution is -0.122. The summed E-state index contributed by atoms with van der Waals surface area (Å²) in [5, 5.41) is 3.55. The fraction of sp³-hybridized carbons (Fsp3) is 0.273. The number of carbonyl (C=O) groups is 1. The molecule has 0 saturated carbocycles. The van der Waals surface area contributed by atoms with Crippen LogP contribution in [0.15, 0.2) is 59.7 Å². The third-order valence-corrected chi connectivity index (χ3v) is 5.28. The van der Waals surface area contributed by atoms with Crippen molar-refractivity contribution in [3.8, 4) is 0 Å². The van der Waals surface area contributed by atoms with Gasteiger partial charge < -0.3 is 10.3 Å². The number of hydrogen-bond acceptors (Lipinski definition) is 4. The van der Waals surface area contributed by atoms with E-state index < -0.39 is 0 Å². The van der Waals surface area contributed by atoms with Crippen molar-refractivity contribution in [2.75, 3.05) is 0 Å². The Bertz CT molecular complexity index is 1190. The van der Waals surface area contributed by atoms with Crippen molar-refractivity contribution in [3.63, 3.8) is 0 Å². The first kappa shape index (κ1) is 18.9. The van der Waals surface area contributed by atoms with Gasteiger partial charge in [-0.25, -0.2) is 9.97 Å². The summed E-state index contributed by atoms with van der Waals surface area (Å²) in [5.74, 6) is 0.638. The quantitative estimate of drug-likeness (QED) is 0.530. The summed E-state index contributed by atoms with van der Waals surface area (Å²) < 4.78 is 1.34. The van der Waals surface area contributed by atoms with Gasteiger partial charge in [-0.1, -0.05) is 44.5 Å². The van der Waals surface area contributed by atoms with E-state index in [1.54, 1.807) is 18.2 Å². The van der Waals surface area contributed by atoms with E-state index >= 15 is 0 Å². The van der Waals surface area contributed by atoms with Gasteiger partial charge in [-0.05, 0) is 30.2 Å². The lowest BCUT2D eigenvalue weighted by Crippen LogP contribution is -2.37. The molecule has 0 spiro atoms. The minimum absolute atomic E-state index is 0.0934. The number of para-hydroxylation sites is 3. The normalized spacial score (nSPS) is 13.4. The number of aromatic nitrogens is 4. The molecule has 148 valence electrons. The van der Waals surface area contributed by atoms with E-state index in [4.69, 9.17) is 0 Å². The number of carbonyl (C=O) groups excluding carboxylic acids is 1. The van der Waals surface area contributed by atoms with Gasteiger partial charge in [0.05, 0.1) is 34.3 Å². The predicted molar refractivity (Wildman–Crippen MR) is 112 cm³/mol. The summed E-state index contributed by atoms with van der Waals surface area (Å²) in [4.78, 5) is 37.7. The zero-order valence-electron chi connectivity index (χ0n) is 16.4. The van der Waals surface area contributed by atoms with Gasteiger partial charge in [0.2, 0.25) is 5.91 Å². The lowest BCUT2D eigenvalue weighted by Gasteiger charge is -2.22. The third kappa shape index (κ3) is 3.76. The molecule has 1 amide bonds. The largest absolute Gasteiger partial charge is 0.344 e. The molecule has 0 bridgehead atoms. The zero-order chi connectivity index (χ0) is 20.4. The number of benzene rings is 2. The first-order valence-electron chi connectivity index (χ1n) is 9.75. The van der Waals surface area contributed by atoms with Gasteiger partial charge in [0.15, 0.2) is 0 Å². The number of amides is 1. The number of nitrogens with one attached hydrogen (secondary N) is 2. The van der Waals surface area contributed by atoms with Crippen LogP contribution in [0.25, 0.3) is 21.9 Å². The summed E-state index contributed by atoms with van der Waals surface area (Å²) in [5.41, 5.74) is 2.18. The van der Waals surface area contributed by atoms with Crippen LogP contribution in [0.1, 0.15) is 32.1 Å². The maximum Gasteiger partial charge on any atom is 0.261 e. The number of imidazole rings is 1. The molecule has 0 aliphatic rings. The smallest absolute Gasteiger partial charge is 0.261 e. The van der Waals surface area contributed by atoms with Crippen molar-refractivity contribution in [2.45, 2.75) is 32.9 Å². The van der Waals surface area contributed by atoms with Crippen LogP contribution in [0.3, 0.4) is 0 Å². The van der Waals surface area contributed by atoms with Crippen molar-refractivity contribution in [1.29, 1.82) is 0 Å². The molecule has 0 unspecified atom stereocenters. The number of rotatable bonds is 6. The molecule has 7 heteroatoms. The van der Waals surface area contributed by atoms with E-state index in [1.807, 2.05) is 30.3 Å². The molecule has 2 heterocycles. The predicted octanol–water partition coefficient (Wildman–Crippen LogP) is 3.18. The number of aromatic amines is 1. The molecule has 2 aromatic heterocycles. The Labute approximate surface area is 167 Å². The second-order valence-electron chi connectivity index (χ2n) is 7.26. The Morgan fingerprint density at radius 2 is 1.86 bits per heavy atom. The van der Waals surface area contributed by atoms with E-state index in [0.29, 0.717) is 10.9 Å². The number of fused-ring (bicyclic) bond motifs is 2. The Balaban J connectivity index is 1.59. The molecule has 2 aromatic carbocycles. The summed E-state index contributed by atoms with van der Waals surface area (Å²) in [6.07, 6.45) is 2.29. The van der Waals surface area contributed by atoms with Crippen LogP contribution < -0.4 is 10.9 Å². The maximum atomic E-state index is 12.8. The maximum absolute atomic E-state index is 12.8. The average Bonchev–Trinajstić information content (AvgIpc) is 3.17. The molecule has 4 rings (SSSR count). The van der Waals surface area contributed by atoms with E-state index in [1.165, 1.54) is 10.9 Å². The molecule has 0 aliphatic heterocycles. The second-order valence-corrected chi connectivity index (χ2v) is 7.26. The van der Waals surface area contributed by atoms with Gasteiger partial charge in [0, 0.05) is 0 Å². The van der Waals surface area contributed by atoms with Crippen LogP contribution in [0.5, 0.6) is 0 Å². The van der Waals surface area contributed by atoms with E-state index in [0.717, 1.165) is 23.3 Å². The topological polar surface area (TPSA) is 92.7 Å². The minimum atomic E-state index is -0.274. The Hall–Kier alpha value is -3.48. The molecular formula is C22H23N5O2. The fourth-order valence-electron chi connectivity index (χ4n) is 3.43. The summed E-state index contributed by atoms with van der Waals surface area (Å²) in [6.45, 7) is 4.05. The molecule has 4 aromatic rings. The van der Waals surface area contributed by atoms with Crippen LogP contribution in [0, 0.1) is 5.92 Å². The van der Waals surface area contributed by atoms with E-state index in [2.05, 4.69) is 34.1 Å². The Kier molecular flexibility index (Phi) is 5.12. The second kappa shape index (κ2) is 7.87. The van der Waals surface area contributed by atoms with Crippen molar-refractivity contribution in [2.24, 2.45) is 5.92 Å². The third-order valence-electron chi connectivity index (χ3n) is 5.28. The van der Waals surface area contributed by atoms with Gasteiger partial charge in [-0.2, -0.15) is 0 Å². The average molecular weight is 389 g/mol. The summed E-state index contributed by atoms with van der Waals surface area (Å²) >= 11 is 0. The zero-order valence-corrected chi connectivity index (χ0v) is 16.4. The monoisotopic (exact) mass is 389 g/mol. The fourth-order valence-corrected chi connectivity index (χ4v) is 3.43. The Morgan fingerprint density at radius 1 is 1.14 bits per heavy atom. The first-order chi connectivity index (χ1) is 14.1. The van der Waals surface area contributed by atoms with Crippen LogP contribution in [0.4, 0.5) is 0 Å². The molecule has 0 fully saturated rings. The molecule has 29 heavy (non-hydrogen) atoms. The SMILES string of the molecule is CC[C@H](C)[C@H](NC(=O)Cn1cnc2ccccc2c1=O)c1nc2ccccc2[nH]1. The van der Waals surface area contributed by atoms with Gasteiger partial charge >= 0.3 is 0 Å². The standard InChI is InChI=1S/C22H23N5O2/c1-3-14(2)20(21-24-17-10-6-7-11-18(17)25-21)26-19(28)12-27-13-23-16-9-5-4-8-15(16)22(27)29/h4-11,13-14,20H,3,12H2,1-2H3,(H,24,25)(H,26,28)/t14-,20-/m0/s1. The van der Waals surface area contributed by atoms with E-state index in [-0.39, 0.29) is 30.0 Å². The van der Waals surface area contributed by atoms with Gasteiger partial charge in [-0.3, -0.25) is 14.2 Å². The highest BCUT2D eigenvalue weighted by atomic mass is 16.2. The van der Waals surface area contributed by atoms with Crippen LogP contribution in [-0.4, -0.2) is 25.4 Å². The highest BCUT2D eigenvalue weighted by Crippen LogP contribution is 2.24. The van der Waals surface area contributed by atoms with Gasteiger partial charge in [-0.15, -0.1) is 0 Å². The van der Waals surface area contributed by atoms with Crippen molar-refractivity contribution in [3.05, 3.63) is 71.0 Å². The molecular weight excluding hydrogens is 366 g/mol. The summed E-state index contributed by atoms with van der Waals surface area (Å²) in [6, 6.07) is 14.6. The van der Waals surface area contributed by atoms with Crippen LogP contribution in [-0.2, 0) is 11.3 Å².